The molecule has 0 saturated heterocycles. The maximum Gasteiger partial charge on any atom is 2.00 e. The van der Waals surface area contributed by atoms with E-state index in [0.29, 0.717) is 0 Å². The normalized spacial score (nSPS) is 4.80. The van der Waals surface area contributed by atoms with E-state index in [1.807, 2.05) is 0 Å². The van der Waals surface area contributed by atoms with Gasteiger partial charge in [0, 0.05) is 18.3 Å². The molecule has 0 N–H and O–H groups in total. The SMILES string of the molecule is O=[Si]([O-])[O-].O=[Si]([O-])[O-].[Ca+2].[Na+]. The van der Waals surface area contributed by atoms with Gasteiger partial charge in [0.1, 0.15) is 0 Å². The summed E-state index contributed by atoms with van der Waals surface area (Å²) < 4.78 is 17.0. The summed E-state index contributed by atoms with van der Waals surface area (Å²) in [5, 5.41) is 0. The van der Waals surface area contributed by atoms with E-state index in [9.17, 15) is 0 Å². The van der Waals surface area contributed by atoms with Gasteiger partial charge >= 0.3 is 67.3 Å². The Morgan fingerprint density at radius 1 is 0.800 bits per heavy atom. The summed E-state index contributed by atoms with van der Waals surface area (Å²) in [5.74, 6) is 0. The molecule has 0 spiro atoms. The van der Waals surface area contributed by atoms with Crippen molar-refractivity contribution in [2.45, 2.75) is 0 Å². The average Bonchev–Trinajstić information content (AvgIpc) is 1.25. The predicted molar refractivity (Wildman–Crippen MR) is 18.6 cm³/mol. The van der Waals surface area contributed by atoms with Gasteiger partial charge in [-0.05, 0) is 0 Å². The van der Waals surface area contributed by atoms with Crippen LogP contribution in [0.4, 0.5) is 0 Å². The van der Waals surface area contributed by atoms with Crippen molar-refractivity contribution in [1.82, 2.24) is 0 Å². The maximum atomic E-state index is 8.52. The van der Waals surface area contributed by atoms with Gasteiger partial charge in [0.05, 0.1) is 0 Å². The minimum absolute atomic E-state index is 0. The molecule has 6 nitrogen and oxygen atoms in total. The van der Waals surface area contributed by atoms with E-state index >= 15 is 0 Å². The van der Waals surface area contributed by atoms with Crippen molar-refractivity contribution in [1.29, 1.82) is 0 Å². The van der Waals surface area contributed by atoms with Gasteiger partial charge < -0.3 is 28.1 Å². The van der Waals surface area contributed by atoms with E-state index in [4.69, 9.17) is 28.1 Å². The van der Waals surface area contributed by atoms with E-state index in [1.54, 1.807) is 0 Å². The van der Waals surface area contributed by atoms with Crippen molar-refractivity contribution in [3.8, 4) is 0 Å². The summed E-state index contributed by atoms with van der Waals surface area (Å²) in [5.41, 5.74) is 0. The summed E-state index contributed by atoms with van der Waals surface area (Å²) in [7, 11) is -7.26. The summed E-state index contributed by atoms with van der Waals surface area (Å²) in [4.78, 5) is 34.1. The monoisotopic (exact) mass is 215 g/mol. The van der Waals surface area contributed by atoms with Gasteiger partial charge in [-0.1, -0.05) is 0 Å². The number of hydrogen-bond acceptors (Lipinski definition) is 6. The largest absolute Gasteiger partial charge is 2.00 e. The fourth-order valence-corrected chi connectivity index (χ4v) is 0. The second-order valence-corrected chi connectivity index (χ2v) is 1.50. The predicted octanol–water partition coefficient (Wildman–Crippen LogP) is -9.13. The zero-order valence-corrected chi connectivity index (χ0v) is 11.4. The van der Waals surface area contributed by atoms with Crippen molar-refractivity contribution < 1.29 is 57.7 Å². The van der Waals surface area contributed by atoms with Gasteiger partial charge in [-0.2, -0.15) is 0 Å². The Balaban J connectivity index is -0.0000000300. The Kier molecular flexibility index (Phi) is 38.0. The van der Waals surface area contributed by atoms with E-state index in [1.165, 1.54) is 0 Å². The third-order valence-corrected chi connectivity index (χ3v) is 0. The van der Waals surface area contributed by atoms with Crippen LogP contribution in [-0.4, -0.2) is 56.1 Å². The van der Waals surface area contributed by atoms with Crippen LogP contribution in [-0.2, 0) is 8.92 Å². The first-order valence-electron chi connectivity index (χ1n) is 1.22. The van der Waals surface area contributed by atoms with E-state index < -0.39 is 18.3 Å². The van der Waals surface area contributed by atoms with Crippen molar-refractivity contribution in [2.75, 3.05) is 0 Å². The minimum atomic E-state index is -3.63. The molecule has 10 heteroatoms. The Bertz CT molecular complexity index is 73.7. The fraction of sp³-hybridized carbons (Fsp3) is 0. The van der Waals surface area contributed by atoms with Crippen LogP contribution in [0.3, 0.4) is 0 Å². The molecular formula is CaNaO6Si2-. The molecule has 48 valence electrons. The van der Waals surface area contributed by atoms with Gasteiger partial charge in [0.2, 0.25) is 0 Å². The summed E-state index contributed by atoms with van der Waals surface area (Å²) in [6.45, 7) is 0. The number of rotatable bonds is 0. The topological polar surface area (TPSA) is 126 Å². The van der Waals surface area contributed by atoms with Crippen LogP contribution in [0.2, 0.25) is 0 Å². The van der Waals surface area contributed by atoms with Crippen LogP contribution in [0, 0.1) is 0 Å². The molecule has 0 aromatic carbocycles. The van der Waals surface area contributed by atoms with Gasteiger partial charge in [-0.25, -0.2) is 0 Å². The third-order valence-electron chi connectivity index (χ3n) is 0. The van der Waals surface area contributed by atoms with E-state index in [-0.39, 0.29) is 67.3 Å². The Labute approximate surface area is 112 Å². The van der Waals surface area contributed by atoms with Crippen LogP contribution in [0.5, 0.6) is 0 Å². The van der Waals surface area contributed by atoms with Crippen LogP contribution >= 0.6 is 0 Å². The molecule has 0 aromatic rings. The van der Waals surface area contributed by atoms with Crippen LogP contribution < -0.4 is 48.7 Å². The standard InChI is InChI=1S/Ca.Na.2O3Si/c;;2*1-4(2)3/q+2;+1;2*-2. The molecule has 0 radical (unpaired) electrons. The molecular weight excluding hydrogens is 215 g/mol. The van der Waals surface area contributed by atoms with Crippen molar-refractivity contribution in [2.24, 2.45) is 0 Å². The van der Waals surface area contributed by atoms with Gasteiger partial charge in [0.25, 0.3) is 0 Å². The smallest absolute Gasteiger partial charge is 0.672 e. The summed E-state index contributed by atoms with van der Waals surface area (Å²) in [6.07, 6.45) is 0. The molecule has 0 saturated carbocycles. The maximum absolute atomic E-state index is 8.52. The molecule has 0 fully saturated rings. The Morgan fingerprint density at radius 3 is 0.800 bits per heavy atom. The first kappa shape index (κ1) is 22.5. The van der Waals surface area contributed by atoms with E-state index in [0.717, 1.165) is 0 Å². The molecule has 0 aromatic heterocycles. The molecule has 0 aliphatic heterocycles. The zero-order valence-electron chi connectivity index (χ0n) is 5.16. The quantitative estimate of drug-likeness (QED) is 0.369. The minimum Gasteiger partial charge on any atom is -0.672 e. The van der Waals surface area contributed by atoms with Crippen LogP contribution in [0.15, 0.2) is 0 Å². The van der Waals surface area contributed by atoms with Gasteiger partial charge in [-0.15, -0.1) is 0 Å². The molecule has 0 rings (SSSR count). The van der Waals surface area contributed by atoms with Crippen molar-refractivity contribution in [3.05, 3.63) is 0 Å². The molecule has 0 aliphatic carbocycles. The first-order chi connectivity index (χ1) is 3.46. The molecule has 0 unspecified atom stereocenters. The summed E-state index contributed by atoms with van der Waals surface area (Å²) in [6, 6.07) is 0. The van der Waals surface area contributed by atoms with Gasteiger partial charge in [-0.3, -0.25) is 0 Å². The molecule has 0 amide bonds. The molecule has 10 heavy (non-hydrogen) atoms. The Hall–Kier alpha value is 1.49. The van der Waals surface area contributed by atoms with Gasteiger partial charge in [0.15, 0.2) is 0 Å². The molecule has 0 aliphatic rings. The van der Waals surface area contributed by atoms with Crippen LogP contribution in [0.1, 0.15) is 0 Å². The Morgan fingerprint density at radius 2 is 0.800 bits per heavy atom. The van der Waals surface area contributed by atoms with Crippen LogP contribution in [0.25, 0.3) is 0 Å². The van der Waals surface area contributed by atoms with Crippen molar-refractivity contribution in [3.63, 3.8) is 0 Å². The third kappa shape index (κ3) is 307. The second-order valence-electron chi connectivity index (χ2n) is 0.500. The molecule has 0 heterocycles. The van der Waals surface area contributed by atoms with E-state index in [2.05, 4.69) is 0 Å². The molecule has 0 bridgehead atoms. The molecule has 0 atom stereocenters. The first-order valence-corrected chi connectivity index (χ1v) is 3.67. The number of hydrogen-bond donors (Lipinski definition) is 0. The zero-order chi connectivity index (χ0) is 7.15. The van der Waals surface area contributed by atoms with Crippen molar-refractivity contribution >= 4 is 56.1 Å². The average molecular weight is 215 g/mol. The second kappa shape index (κ2) is 16.8. The summed E-state index contributed by atoms with van der Waals surface area (Å²) >= 11 is 0. The fourth-order valence-electron chi connectivity index (χ4n) is 0.